The second-order valence-corrected chi connectivity index (χ2v) is 4.26. The molecule has 1 fully saturated rings. The Balaban J connectivity index is 1.91. The molecule has 0 saturated heterocycles. The topological polar surface area (TPSA) is 71.2 Å². The quantitative estimate of drug-likeness (QED) is 0.679. The lowest BCUT2D eigenvalue weighted by molar-refractivity contribution is 0.253. The van der Waals surface area contributed by atoms with Gasteiger partial charge in [0, 0.05) is 19.3 Å². The highest BCUT2D eigenvalue weighted by Crippen LogP contribution is 2.48. The summed E-state index contributed by atoms with van der Waals surface area (Å²) in [6.07, 6.45) is 4.95. The first-order chi connectivity index (χ1) is 7.26. The molecule has 1 aromatic heterocycles. The molecule has 4 nitrogen and oxygen atoms in total. The van der Waals surface area contributed by atoms with Gasteiger partial charge in [0.2, 0.25) is 0 Å². The van der Waals surface area contributed by atoms with Crippen LogP contribution in [0.15, 0.2) is 18.3 Å². The number of rotatable bonds is 5. The average molecular weight is 207 g/mol. The minimum absolute atomic E-state index is 0.268. The van der Waals surface area contributed by atoms with Gasteiger partial charge in [-0.1, -0.05) is 0 Å². The molecule has 1 aromatic rings. The van der Waals surface area contributed by atoms with Crippen molar-refractivity contribution in [3.8, 4) is 0 Å². The zero-order valence-corrected chi connectivity index (χ0v) is 8.74. The van der Waals surface area contributed by atoms with Crippen molar-refractivity contribution in [1.29, 1.82) is 0 Å². The van der Waals surface area contributed by atoms with Gasteiger partial charge in [0.1, 0.15) is 5.82 Å². The van der Waals surface area contributed by atoms with Crippen molar-refractivity contribution in [2.24, 2.45) is 5.41 Å². The number of aliphatic hydroxyl groups is 1. The Labute approximate surface area is 89.5 Å². The molecule has 0 spiro atoms. The minimum Gasteiger partial charge on any atom is -0.396 e. The van der Waals surface area contributed by atoms with Crippen LogP contribution in [0.4, 0.5) is 11.5 Å². The van der Waals surface area contributed by atoms with E-state index in [-0.39, 0.29) is 6.61 Å². The number of nitrogens with two attached hydrogens (primary N) is 1. The van der Waals surface area contributed by atoms with Gasteiger partial charge in [-0.25, -0.2) is 4.98 Å². The van der Waals surface area contributed by atoms with Crippen LogP contribution in [0.5, 0.6) is 0 Å². The van der Waals surface area contributed by atoms with E-state index in [0.29, 0.717) is 11.2 Å². The smallest absolute Gasteiger partial charge is 0.146 e. The number of aliphatic hydroxyl groups excluding tert-OH is 1. The van der Waals surface area contributed by atoms with Crippen LogP contribution in [0.25, 0.3) is 0 Å². The zero-order chi connectivity index (χ0) is 10.7. The van der Waals surface area contributed by atoms with E-state index in [9.17, 15) is 0 Å². The first-order valence-electron chi connectivity index (χ1n) is 5.31. The lowest BCUT2D eigenvalue weighted by Gasteiger charge is -2.16. The third-order valence-electron chi connectivity index (χ3n) is 3.09. The number of pyridine rings is 1. The normalized spacial score (nSPS) is 17.4. The van der Waals surface area contributed by atoms with Gasteiger partial charge in [0.15, 0.2) is 0 Å². The second-order valence-electron chi connectivity index (χ2n) is 4.26. The Morgan fingerprint density at radius 3 is 2.93 bits per heavy atom. The fourth-order valence-corrected chi connectivity index (χ4v) is 1.78. The lowest BCUT2D eigenvalue weighted by Crippen LogP contribution is -2.17. The summed E-state index contributed by atoms with van der Waals surface area (Å²) in [5.74, 6) is 0.539. The zero-order valence-electron chi connectivity index (χ0n) is 8.74. The van der Waals surface area contributed by atoms with Gasteiger partial charge in [0.05, 0.1) is 5.69 Å². The van der Waals surface area contributed by atoms with Crippen LogP contribution in [0.1, 0.15) is 19.3 Å². The summed E-state index contributed by atoms with van der Waals surface area (Å²) in [7, 11) is 0. The fourth-order valence-electron chi connectivity index (χ4n) is 1.78. The van der Waals surface area contributed by atoms with E-state index in [4.69, 9.17) is 10.8 Å². The first-order valence-corrected chi connectivity index (χ1v) is 5.31. The number of hydrogen-bond acceptors (Lipinski definition) is 4. The van der Waals surface area contributed by atoms with Gasteiger partial charge < -0.3 is 16.2 Å². The highest BCUT2D eigenvalue weighted by molar-refractivity contribution is 5.61. The number of anilines is 2. The second kappa shape index (κ2) is 4.06. The predicted octanol–water partition coefficient (Wildman–Crippen LogP) is 1.24. The molecule has 4 N–H and O–H groups in total. The molecule has 4 heteroatoms. The van der Waals surface area contributed by atoms with Crippen molar-refractivity contribution in [2.45, 2.75) is 19.3 Å². The van der Waals surface area contributed by atoms with E-state index in [0.717, 1.165) is 18.7 Å². The molecule has 0 aromatic carbocycles. The fraction of sp³-hybridized carbons (Fsp3) is 0.545. The highest BCUT2D eigenvalue weighted by Gasteiger charge is 2.41. The summed E-state index contributed by atoms with van der Waals surface area (Å²) in [6, 6.07) is 3.79. The summed E-state index contributed by atoms with van der Waals surface area (Å²) in [5, 5.41) is 12.2. The van der Waals surface area contributed by atoms with Crippen LogP contribution in [0, 0.1) is 5.41 Å². The molecule has 0 bridgehead atoms. The largest absolute Gasteiger partial charge is 0.396 e. The Hall–Kier alpha value is -1.29. The predicted molar refractivity (Wildman–Crippen MR) is 60.5 cm³/mol. The van der Waals surface area contributed by atoms with Crippen molar-refractivity contribution < 1.29 is 5.11 Å². The van der Waals surface area contributed by atoms with Gasteiger partial charge in [-0.05, 0) is 36.8 Å². The van der Waals surface area contributed by atoms with Crippen molar-refractivity contribution in [1.82, 2.24) is 4.98 Å². The summed E-state index contributed by atoms with van der Waals surface area (Å²) < 4.78 is 0. The van der Waals surface area contributed by atoms with E-state index < -0.39 is 0 Å². The summed E-state index contributed by atoms with van der Waals surface area (Å²) in [5.41, 5.74) is 6.91. The molecule has 82 valence electrons. The van der Waals surface area contributed by atoms with E-state index in [2.05, 4.69) is 10.3 Å². The van der Waals surface area contributed by atoms with Gasteiger partial charge >= 0.3 is 0 Å². The third-order valence-corrected chi connectivity index (χ3v) is 3.09. The molecule has 0 atom stereocenters. The highest BCUT2D eigenvalue weighted by atomic mass is 16.3. The molecule has 15 heavy (non-hydrogen) atoms. The molecule has 2 rings (SSSR count). The van der Waals surface area contributed by atoms with Crippen LogP contribution in [-0.2, 0) is 0 Å². The van der Waals surface area contributed by atoms with E-state index >= 15 is 0 Å². The maximum absolute atomic E-state index is 8.93. The molecule has 0 aliphatic heterocycles. The van der Waals surface area contributed by atoms with E-state index in [1.165, 1.54) is 12.8 Å². The molecule has 1 saturated carbocycles. The van der Waals surface area contributed by atoms with Gasteiger partial charge in [-0.3, -0.25) is 0 Å². The van der Waals surface area contributed by atoms with Crippen molar-refractivity contribution >= 4 is 11.5 Å². The van der Waals surface area contributed by atoms with Crippen LogP contribution in [0.2, 0.25) is 0 Å². The third kappa shape index (κ3) is 2.39. The molecule has 0 unspecified atom stereocenters. The minimum atomic E-state index is 0.268. The van der Waals surface area contributed by atoms with E-state index in [1.54, 1.807) is 6.20 Å². The summed E-state index contributed by atoms with van der Waals surface area (Å²) in [6.45, 7) is 1.15. The molecular weight excluding hydrogens is 190 g/mol. The number of nitrogens with one attached hydrogen (secondary N) is 1. The average Bonchev–Trinajstić information content (AvgIpc) is 2.98. The number of nitrogen functional groups attached to an aromatic ring is 1. The van der Waals surface area contributed by atoms with Crippen molar-refractivity contribution in [3.63, 3.8) is 0 Å². The summed E-state index contributed by atoms with van der Waals surface area (Å²) in [4.78, 5) is 4.01. The Morgan fingerprint density at radius 1 is 1.53 bits per heavy atom. The number of hydrogen-bond donors (Lipinski definition) is 3. The monoisotopic (exact) mass is 207 g/mol. The molecular formula is C11H17N3O. The van der Waals surface area contributed by atoms with Gasteiger partial charge in [0.25, 0.3) is 0 Å². The molecule has 0 radical (unpaired) electrons. The lowest BCUT2D eigenvalue weighted by atomic mass is 10.0. The summed E-state index contributed by atoms with van der Waals surface area (Å²) >= 11 is 0. The first kappa shape index (κ1) is 10.2. The molecule has 1 heterocycles. The van der Waals surface area contributed by atoms with Crippen LogP contribution in [0.3, 0.4) is 0 Å². The standard InChI is InChI=1S/C11H17N3O/c12-10-9(2-1-6-13-10)14-8-11(3-4-11)5-7-15/h1-2,6,14-15H,3-5,7-8H2,(H2,12,13). The van der Waals surface area contributed by atoms with Gasteiger partial charge in [-0.2, -0.15) is 0 Å². The maximum Gasteiger partial charge on any atom is 0.146 e. The molecule has 1 aliphatic rings. The van der Waals surface area contributed by atoms with Crippen molar-refractivity contribution in [2.75, 3.05) is 24.2 Å². The number of nitrogens with zero attached hydrogens (tertiary/aromatic N) is 1. The van der Waals surface area contributed by atoms with Crippen LogP contribution >= 0.6 is 0 Å². The Morgan fingerprint density at radius 2 is 2.33 bits per heavy atom. The van der Waals surface area contributed by atoms with Gasteiger partial charge in [-0.15, -0.1) is 0 Å². The van der Waals surface area contributed by atoms with Crippen LogP contribution in [-0.4, -0.2) is 23.2 Å². The van der Waals surface area contributed by atoms with Crippen LogP contribution < -0.4 is 11.1 Å². The van der Waals surface area contributed by atoms with Crippen molar-refractivity contribution in [3.05, 3.63) is 18.3 Å². The Kier molecular flexibility index (Phi) is 2.77. The maximum atomic E-state index is 8.93. The van der Waals surface area contributed by atoms with E-state index in [1.807, 2.05) is 12.1 Å². The molecule has 0 amide bonds. The molecule has 1 aliphatic carbocycles. The SMILES string of the molecule is Nc1ncccc1NCC1(CCO)CC1. The Bertz CT molecular complexity index is 336. The number of aromatic nitrogens is 1.